The zero-order valence-electron chi connectivity index (χ0n) is 16.1. The van der Waals surface area contributed by atoms with E-state index in [1.54, 1.807) is 37.4 Å². The average molecular weight is 434 g/mol. The Kier molecular flexibility index (Phi) is 6.66. The van der Waals surface area contributed by atoms with Gasteiger partial charge in [0.25, 0.3) is 11.5 Å². The van der Waals surface area contributed by atoms with Crippen LogP contribution in [0.1, 0.15) is 28.7 Å². The lowest BCUT2D eigenvalue weighted by molar-refractivity contribution is -0.133. The molecule has 0 unspecified atom stereocenters. The van der Waals surface area contributed by atoms with Gasteiger partial charge < -0.3 is 9.64 Å². The molecule has 0 saturated carbocycles. The topological polar surface area (TPSA) is 81.5 Å². The predicted molar refractivity (Wildman–Crippen MR) is 112 cm³/mol. The maximum Gasteiger partial charge on any atom is 0.359 e. The summed E-state index contributed by atoms with van der Waals surface area (Å²) in [5.41, 5.74) is -0.237. The summed E-state index contributed by atoms with van der Waals surface area (Å²) in [6.07, 6.45) is 0.690. The van der Waals surface area contributed by atoms with Crippen molar-refractivity contribution in [3.63, 3.8) is 0 Å². The number of carbonyl (C=O) groups is 2. The van der Waals surface area contributed by atoms with Gasteiger partial charge in [0.05, 0.1) is 16.3 Å². The number of fused-ring (bicyclic) bond motifs is 1. The van der Waals surface area contributed by atoms with Gasteiger partial charge in [-0.15, -0.1) is 11.3 Å². The summed E-state index contributed by atoms with van der Waals surface area (Å²) in [4.78, 5) is 39.8. The number of halogens is 1. The highest BCUT2D eigenvalue weighted by Gasteiger charge is 2.20. The Morgan fingerprint density at radius 3 is 2.59 bits per heavy atom. The Labute approximate surface area is 176 Å². The molecule has 0 spiro atoms. The number of nitrogens with zero attached hydrogens (tertiary/aromatic N) is 3. The molecule has 152 valence electrons. The van der Waals surface area contributed by atoms with Crippen LogP contribution in [-0.2, 0) is 22.6 Å². The van der Waals surface area contributed by atoms with Crippen LogP contribution in [0.25, 0.3) is 10.8 Å². The highest BCUT2D eigenvalue weighted by Crippen LogP contribution is 2.22. The normalized spacial score (nSPS) is 10.9. The summed E-state index contributed by atoms with van der Waals surface area (Å²) in [5.74, 6) is -1.10. The maximum atomic E-state index is 12.6. The fraction of sp³-hybridized carbons (Fsp3) is 0.300. The van der Waals surface area contributed by atoms with Gasteiger partial charge in [-0.05, 0) is 24.6 Å². The van der Waals surface area contributed by atoms with E-state index in [2.05, 4.69) is 5.10 Å². The highest BCUT2D eigenvalue weighted by molar-refractivity contribution is 7.16. The van der Waals surface area contributed by atoms with E-state index < -0.39 is 12.6 Å². The van der Waals surface area contributed by atoms with Crippen molar-refractivity contribution < 1.29 is 14.3 Å². The molecule has 0 N–H and O–H groups in total. The highest BCUT2D eigenvalue weighted by atomic mass is 35.5. The Balaban J connectivity index is 1.75. The fourth-order valence-electron chi connectivity index (χ4n) is 2.81. The zero-order chi connectivity index (χ0) is 21.0. The van der Waals surface area contributed by atoms with E-state index in [-0.39, 0.29) is 17.2 Å². The first-order valence-corrected chi connectivity index (χ1v) is 10.2. The number of aromatic nitrogens is 2. The van der Waals surface area contributed by atoms with Gasteiger partial charge in [0.2, 0.25) is 0 Å². The predicted octanol–water partition coefficient (Wildman–Crippen LogP) is 3.34. The van der Waals surface area contributed by atoms with Crippen molar-refractivity contribution in [2.24, 2.45) is 0 Å². The second kappa shape index (κ2) is 9.19. The first-order valence-electron chi connectivity index (χ1n) is 9.06. The van der Waals surface area contributed by atoms with E-state index in [1.165, 1.54) is 20.9 Å². The van der Waals surface area contributed by atoms with E-state index in [0.29, 0.717) is 34.6 Å². The number of likely N-dealkylation sites (N-methyl/N-ethyl adjacent to an activating group) is 1. The van der Waals surface area contributed by atoms with Crippen LogP contribution in [0.2, 0.25) is 4.34 Å². The summed E-state index contributed by atoms with van der Waals surface area (Å²) >= 11 is 7.29. The monoisotopic (exact) mass is 433 g/mol. The molecule has 2 heterocycles. The molecule has 7 nitrogen and oxygen atoms in total. The van der Waals surface area contributed by atoms with Gasteiger partial charge in [0.1, 0.15) is 0 Å². The van der Waals surface area contributed by atoms with Crippen LogP contribution in [-0.4, -0.2) is 40.2 Å². The van der Waals surface area contributed by atoms with Crippen molar-refractivity contribution in [3.05, 3.63) is 61.7 Å². The summed E-state index contributed by atoms with van der Waals surface area (Å²) in [7, 11) is 1.62. The third kappa shape index (κ3) is 4.83. The summed E-state index contributed by atoms with van der Waals surface area (Å²) in [5, 5.41) is 4.97. The Morgan fingerprint density at radius 2 is 1.93 bits per heavy atom. The minimum absolute atomic E-state index is 0.0224. The number of hydrogen-bond acceptors (Lipinski definition) is 6. The number of thiophene rings is 1. The molecule has 29 heavy (non-hydrogen) atoms. The Morgan fingerprint density at radius 1 is 1.21 bits per heavy atom. The lowest BCUT2D eigenvalue weighted by Gasteiger charge is -2.16. The molecule has 9 heteroatoms. The first kappa shape index (κ1) is 21.0. The summed E-state index contributed by atoms with van der Waals surface area (Å²) < 4.78 is 7.11. The molecule has 0 aliphatic heterocycles. The van der Waals surface area contributed by atoms with E-state index in [1.807, 2.05) is 13.0 Å². The number of hydrogen-bond donors (Lipinski definition) is 0. The molecule has 0 saturated heterocycles. The number of ether oxygens (including phenoxy) is 1. The molecule has 0 bridgehead atoms. The average Bonchev–Trinajstić information content (AvgIpc) is 3.12. The third-order valence-electron chi connectivity index (χ3n) is 4.27. The zero-order valence-corrected chi connectivity index (χ0v) is 17.6. The van der Waals surface area contributed by atoms with Gasteiger partial charge in [-0.3, -0.25) is 9.59 Å². The van der Waals surface area contributed by atoms with Gasteiger partial charge in [-0.25, -0.2) is 9.48 Å². The molecule has 0 fully saturated rings. The maximum absolute atomic E-state index is 12.6. The standard InChI is InChI=1S/C20H20ClN3O4S/c1-3-10-24-19(26)15-7-5-4-6-14(15)18(22-24)20(27)28-12-17(25)23(2)11-13-8-9-16(21)29-13/h4-9H,3,10-12H2,1-2H3. The second-order valence-electron chi connectivity index (χ2n) is 6.45. The summed E-state index contributed by atoms with van der Waals surface area (Å²) in [6, 6.07) is 10.3. The Hall–Kier alpha value is -2.71. The fourth-order valence-corrected chi connectivity index (χ4v) is 3.95. The molecule has 0 radical (unpaired) electrons. The van der Waals surface area contributed by atoms with Crippen LogP contribution in [0, 0.1) is 0 Å². The molecule has 0 aliphatic carbocycles. The van der Waals surface area contributed by atoms with Gasteiger partial charge in [0.15, 0.2) is 12.3 Å². The van der Waals surface area contributed by atoms with E-state index in [9.17, 15) is 14.4 Å². The molecular formula is C20H20ClN3O4S. The number of aryl methyl sites for hydroxylation is 1. The van der Waals surface area contributed by atoms with Crippen LogP contribution in [0.3, 0.4) is 0 Å². The van der Waals surface area contributed by atoms with Crippen LogP contribution >= 0.6 is 22.9 Å². The van der Waals surface area contributed by atoms with Gasteiger partial charge in [-0.1, -0.05) is 36.7 Å². The lowest BCUT2D eigenvalue weighted by atomic mass is 10.1. The number of amides is 1. The van der Waals surface area contributed by atoms with Gasteiger partial charge in [-0.2, -0.15) is 5.10 Å². The number of carbonyl (C=O) groups excluding carboxylic acids is 2. The third-order valence-corrected chi connectivity index (χ3v) is 5.49. The molecular weight excluding hydrogens is 414 g/mol. The minimum atomic E-state index is -0.744. The van der Waals surface area contributed by atoms with E-state index in [4.69, 9.17) is 16.3 Å². The van der Waals surface area contributed by atoms with Gasteiger partial charge >= 0.3 is 5.97 Å². The molecule has 2 aromatic heterocycles. The minimum Gasteiger partial charge on any atom is -0.451 e. The van der Waals surface area contributed by atoms with Crippen molar-refractivity contribution in [2.45, 2.75) is 26.4 Å². The number of rotatable bonds is 7. The van der Waals surface area contributed by atoms with Crippen molar-refractivity contribution in [1.29, 1.82) is 0 Å². The van der Waals surface area contributed by atoms with Crippen molar-refractivity contribution >= 4 is 45.6 Å². The van der Waals surface area contributed by atoms with Crippen LogP contribution < -0.4 is 5.56 Å². The molecule has 3 rings (SSSR count). The van der Waals surface area contributed by atoms with Gasteiger partial charge in [0, 0.05) is 23.9 Å². The van der Waals surface area contributed by atoms with Crippen molar-refractivity contribution in [1.82, 2.24) is 14.7 Å². The largest absolute Gasteiger partial charge is 0.451 e. The smallest absolute Gasteiger partial charge is 0.359 e. The number of benzene rings is 1. The van der Waals surface area contributed by atoms with Crippen LogP contribution in [0.4, 0.5) is 0 Å². The molecule has 3 aromatic rings. The van der Waals surface area contributed by atoms with Crippen LogP contribution in [0.15, 0.2) is 41.2 Å². The van der Waals surface area contributed by atoms with Crippen molar-refractivity contribution in [3.8, 4) is 0 Å². The van der Waals surface area contributed by atoms with Crippen molar-refractivity contribution in [2.75, 3.05) is 13.7 Å². The van der Waals surface area contributed by atoms with E-state index in [0.717, 1.165) is 4.88 Å². The summed E-state index contributed by atoms with van der Waals surface area (Å²) in [6.45, 7) is 2.25. The molecule has 0 aliphatic rings. The Bertz CT molecular complexity index is 1110. The quantitative estimate of drug-likeness (QED) is 0.534. The second-order valence-corrected chi connectivity index (χ2v) is 8.25. The molecule has 1 aromatic carbocycles. The number of esters is 1. The first-order chi connectivity index (χ1) is 13.9. The van der Waals surface area contributed by atoms with E-state index >= 15 is 0 Å². The molecule has 0 atom stereocenters. The lowest BCUT2D eigenvalue weighted by Crippen LogP contribution is -2.31. The van der Waals surface area contributed by atoms with Crippen LogP contribution in [0.5, 0.6) is 0 Å². The SMILES string of the molecule is CCCn1nc(C(=O)OCC(=O)N(C)Cc2ccc(Cl)s2)c2ccccc2c1=O. The molecule has 1 amide bonds.